The number of rotatable bonds is 5. The van der Waals surface area contributed by atoms with Crippen molar-refractivity contribution in [3.8, 4) is 11.1 Å². The number of halogens is 3. The number of hydrazine groups is 1. The van der Waals surface area contributed by atoms with Crippen LogP contribution < -0.4 is 10.3 Å². The monoisotopic (exact) mass is 390 g/mol. The maximum absolute atomic E-state index is 14.7. The predicted octanol–water partition coefficient (Wildman–Crippen LogP) is 5.23. The number of nitrogens with one attached hydrogen (secondary N) is 2. The molecule has 26 heavy (non-hydrogen) atoms. The van der Waals surface area contributed by atoms with Gasteiger partial charge in [0.2, 0.25) is 0 Å². The van der Waals surface area contributed by atoms with Crippen molar-refractivity contribution in [2.75, 3.05) is 0 Å². The summed E-state index contributed by atoms with van der Waals surface area (Å²) >= 11 is 6.87. The van der Waals surface area contributed by atoms with Gasteiger partial charge in [0, 0.05) is 15.5 Å². The van der Waals surface area contributed by atoms with Crippen LogP contribution in [0.4, 0.5) is 8.78 Å². The zero-order valence-corrected chi connectivity index (χ0v) is 14.9. The summed E-state index contributed by atoms with van der Waals surface area (Å²) < 4.78 is 28.8. The third-order valence-electron chi connectivity index (χ3n) is 3.55. The van der Waals surface area contributed by atoms with Crippen LogP contribution in [0.5, 0.6) is 0 Å². The molecule has 132 valence electrons. The minimum atomic E-state index is -0.932. The Morgan fingerprint density at radius 2 is 1.62 bits per heavy atom. The molecule has 1 amide bonds. The first-order valence-electron chi connectivity index (χ1n) is 7.57. The van der Waals surface area contributed by atoms with Crippen molar-refractivity contribution >= 4 is 29.5 Å². The Morgan fingerprint density at radius 1 is 0.923 bits per heavy atom. The second-order valence-electron chi connectivity index (χ2n) is 5.26. The van der Waals surface area contributed by atoms with Gasteiger partial charge in [0.25, 0.3) is 5.91 Å². The number of carbonyl (C=O) groups is 1. The van der Waals surface area contributed by atoms with Gasteiger partial charge in [-0.05, 0) is 53.9 Å². The predicted molar refractivity (Wildman–Crippen MR) is 99.7 cm³/mol. The van der Waals surface area contributed by atoms with Crippen molar-refractivity contribution in [3.63, 3.8) is 0 Å². The van der Waals surface area contributed by atoms with Gasteiger partial charge < -0.3 is 0 Å². The van der Waals surface area contributed by atoms with Gasteiger partial charge in [-0.3, -0.25) is 10.2 Å². The Bertz CT molecular complexity index is 921. The minimum Gasteiger partial charge on any atom is -0.277 e. The molecule has 0 aliphatic carbocycles. The summed E-state index contributed by atoms with van der Waals surface area (Å²) in [6.07, 6.45) is 0. The molecule has 0 bridgehead atoms. The Morgan fingerprint density at radius 3 is 2.31 bits per heavy atom. The topological polar surface area (TPSA) is 41.1 Å². The largest absolute Gasteiger partial charge is 0.277 e. The maximum Gasteiger partial charge on any atom is 0.272 e. The van der Waals surface area contributed by atoms with Gasteiger partial charge in [-0.1, -0.05) is 41.9 Å². The Balaban J connectivity index is 1.75. The van der Waals surface area contributed by atoms with Crippen LogP contribution in [0.2, 0.25) is 5.02 Å². The number of amides is 1. The fourth-order valence-corrected chi connectivity index (χ4v) is 2.96. The molecule has 3 aromatic rings. The van der Waals surface area contributed by atoms with Crippen molar-refractivity contribution in [1.29, 1.82) is 0 Å². The van der Waals surface area contributed by atoms with Crippen molar-refractivity contribution in [1.82, 2.24) is 10.3 Å². The van der Waals surface area contributed by atoms with Crippen molar-refractivity contribution in [3.05, 3.63) is 89.0 Å². The molecule has 3 aromatic carbocycles. The van der Waals surface area contributed by atoms with Crippen LogP contribution in [-0.4, -0.2) is 5.91 Å². The summed E-state index contributed by atoms with van der Waals surface area (Å²) in [5.74, 6) is -2.75. The van der Waals surface area contributed by atoms with E-state index in [4.69, 9.17) is 11.6 Å². The van der Waals surface area contributed by atoms with Crippen LogP contribution in [0.3, 0.4) is 0 Å². The third-order valence-corrected chi connectivity index (χ3v) is 4.51. The zero-order chi connectivity index (χ0) is 18.5. The van der Waals surface area contributed by atoms with Gasteiger partial charge in [-0.2, -0.15) is 4.83 Å². The molecule has 0 atom stereocenters. The van der Waals surface area contributed by atoms with Gasteiger partial charge >= 0.3 is 0 Å². The third kappa shape index (κ3) is 4.22. The first-order chi connectivity index (χ1) is 12.6. The van der Waals surface area contributed by atoms with Crippen LogP contribution in [0.1, 0.15) is 10.4 Å². The van der Waals surface area contributed by atoms with Crippen LogP contribution in [0.25, 0.3) is 11.1 Å². The van der Waals surface area contributed by atoms with E-state index < -0.39 is 23.1 Å². The molecule has 0 unspecified atom stereocenters. The van der Waals surface area contributed by atoms with E-state index in [2.05, 4.69) is 10.3 Å². The fourth-order valence-electron chi connectivity index (χ4n) is 2.30. The molecule has 2 N–H and O–H groups in total. The lowest BCUT2D eigenvalue weighted by Crippen LogP contribution is -2.33. The number of carbonyl (C=O) groups excluding carboxylic acids is 1. The van der Waals surface area contributed by atoms with Gasteiger partial charge in [0.05, 0.1) is 0 Å². The van der Waals surface area contributed by atoms with Crippen LogP contribution in [-0.2, 0) is 0 Å². The molecule has 0 spiro atoms. The highest BCUT2D eigenvalue weighted by Crippen LogP contribution is 2.26. The van der Waals surface area contributed by atoms with E-state index in [1.165, 1.54) is 6.07 Å². The zero-order valence-electron chi connectivity index (χ0n) is 13.3. The summed E-state index contributed by atoms with van der Waals surface area (Å²) in [6.45, 7) is 0. The molecule has 3 rings (SSSR count). The number of hydrogen-bond donors (Lipinski definition) is 2. The van der Waals surface area contributed by atoms with Crippen molar-refractivity contribution < 1.29 is 13.6 Å². The van der Waals surface area contributed by atoms with E-state index in [-0.39, 0.29) is 5.56 Å². The second kappa shape index (κ2) is 8.31. The van der Waals surface area contributed by atoms with Gasteiger partial charge in [-0.25, -0.2) is 8.78 Å². The molecular weight excluding hydrogens is 378 g/mol. The summed E-state index contributed by atoms with van der Waals surface area (Å²) in [5, 5.41) is 0.584. The van der Waals surface area contributed by atoms with E-state index in [9.17, 15) is 13.6 Å². The SMILES string of the molecule is O=C(NNSc1ccc(Cl)cc1)c1c(F)ccc(-c2ccccc2)c1F. The molecule has 0 aromatic heterocycles. The molecule has 0 radical (unpaired) electrons. The van der Waals surface area contributed by atoms with E-state index >= 15 is 0 Å². The molecule has 0 fully saturated rings. The van der Waals surface area contributed by atoms with Gasteiger partial charge in [0.1, 0.15) is 17.2 Å². The lowest BCUT2D eigenvalue weighted by molar-refractivity contribution is 0.0938. The Hall–Kier alpha value is -2.41. The first kappa shape index (κ1) is 18.4. The average Bonchev–Trinajstić information content (AvgIpc) is 2.64. The van der Waals surface area contributed by atoms with Gasteiger partial charge in [-0.15, -0.1) is 0 Å². The Kier molecular flexibility index (Phi) is 5.88. The molecule has 7 heteroatoms. The van der Waals surface area contributed by atoms with Crippen LogP contribution in [0, 0.1) is 11.6 Å². The van der Waals surface area contributed by atoms with Crippen molar-refractivity contribution in [2.24, 2.45) is 0 Å². The lowest BCUT2D eigenvalue weighted by Gasteiger charge is -2.11. The number of hydrogen-bond acceptors (Lipinski definition) is 3. The summed E-state index contributed by atoms with van der Waals surface area (Å²) in [5.41, 5.74) is 2.35. The molecule has 0 aliphatic heterocycles. The molecular formula is C19H13ClF2N2OS. The van der Waals surface area contributed by atoms with Gasteiger partial charge in [0.15, 0.2) is 0 Å². The molecule has 0 saturated heterocycles. The summed E-state index contributed by atoms with van der Waals surface area (Å²) in [7, 11) is 0. The van der Waals surface area contributed by atoms with Crippen LogP contribution in [0.15, 0.2) is 71.6 Å². The van der Waals surface area contributed by atoms with E-state index in [1.54, 1.807) is 54.6 Å². The summed E-state index contributed by atoms with van der Waals surface area (Å²) in [6, 6.07) is 17.9. The highest BCUT2D eigenvalue weighted by atomic mass is 35.5. The first-order valence-corrected chi connectivity index (χ1v) is 8.77. The van der Waals surface area contributed by atoms with Crippen LogP contribution >= 0.6 is 23.5 Å². The van der Waals surface area contributed by atoms with Crippen molar-refractivity contribution in [2.45, 2.75) is 4.90 Å². The molecule has 3 nitrogen and oxygen atoms in total. The highest BCUT2D eigenvalue weighted by molar-refractivity contribution is 7.97. The number of benzene rings is 3. The maximum atomic E-state index is 14.7. The van der Waals surface area contributed by atoms with E-state index in [0.29, 0.717) is 10.6 Å². The lowest BCUT2D eigenvalue weighted by atomic mass is 10.0. The summed E-state index contributed by atoms with van der Waals surface area (Å²) in [4.78, 5) is 15.6. The van der Waals surface area contributed by atoms with E-state index in [0.717, 1.165) is 22.9 Å². The smallest absolute Gasteiger partial charge is 0.272 e. The Labute approximate surface area is 158 Å². The normalized spacial score (nSPS) is 10.6. The minimum absolute atomic E-state index is 0.155. The second-order valence-corrected chi connectivity index (χ2v) is 6.58. The quantitative estimate of drug-likeness (QED) is 0.463. The highest BCUT2D eigenvalue weighted by Gasteiger charge is 2.21. The standard InChI is InChI=1S/C19H13ClF2N2OS/c20-13-6-8-14(9-7-13)26-24-23-19(25)17-16(21)11-10-15(18(17)22)12-4-2-1-3-5-12/h1-11,24H,(H,23,25). The molecule has 0 heterocycles. The molecule has 0 saturated carbocycles. The fraction of sp³-hybridized carbons (Fsp3) is 0. The molecule has 0 aliphatic rings. The van der Waals surface area contributed by atoms with E-state index in [1.807, 2.05) is 0 Å². The average molecular weight is 391 g/mol.